The van der Waals surface area contributed by atoms with Crippen molar-refractivity contribution in [2.24, 2.45) is 12.5 Å². The summed E-state index contributed by atoms with van der Waals surface area (Å²) in [4.78, 5) is 17.8. The van der Waals surface area contributed by atoms with Gasteiger partial charge in [0.05, 0.1) is 12.0 Å². The van der Waals surface area contributed by atoms with E-state index in [0.717, 1.165) is 31.5 Å². The highest BCUT2D eigenvalue weighted by Gasteiger charge is 2.42. The lowest BCUT2D eigenvalue weighted by Gasteiger charge is -2.29. The molecule has 1 aromatic rings. The normalized spacial score (nSPS) is 18.4. The van der Waals surface area contributed by atoms with Crippen molar-refractivity contribution in [3.63, 3.8) is 0 Å². The van der Waals surface area contributed by atoms with E-state index in [4.69, 9.17) is 0 Å². The second kappa shape index (κ2) is 5.10. The quantitative estimate of drug-likeness (QED) is 0.861. The van der Waals surface area contributed by atoms with Gasteiger partial charge in [-0.25, -0.2) is 4.98 Å². The fourth-order valence-electron chi connectivity index (χ4n) is 2.85. The molecule has 0 spiro atoms. The lowest BCUT2D eigenvalue weighted by Crippen LogP contribution is -2.39. The first kappa shape index (κ1) is 13.1. The van der Waals surface area contributed by atoms with Gasteiger partial charge in [-0.3, -0.25) is 9.69 Å². The lowest BCUT2D eigenvalue weighted by molar-refractivity contribution is -0.149. The molecule has 1 N–H and O–H groups in total. The highest BCUT2D eigenvalue weighted by Crippen LogP contribution is 2.39. The van der Waals surface area contributed by atoms with Crippen LogP contribution in [0.1, 0.15) is 31.5 Å². The third-order valence-corrected chi connectivity index (χ3v) is 3.92. The van der Waals surface area contributed by atoms with Crippen LogP contribution in [0.4, 0.5) is 0 Å². The molecule has 1 aliphatic carbocycles. The zero-order valence-electron chi connectivity index (χ0n) is 11.1. The van der Waals surface area contributed by atoms with E-state index in [1.165, 1.54) is 0 Å². The average molecular weight is 251 g/mol. The molecule has 18 heavy (non-hydrogen) atoms. The predicted molar refractivity (Wildman–Crippen MR) is 68.1 cm³/mol. The van der Waals surface area contributed by atoms with Gasteiger partial charge in [0.25, 0.3) is 0 Å². The van der Waals surface area contributed by atoms with Crippen LogP contribution in [0.2, 0.25) is 0 Å². The molecule has 0 radical (unpaired) electrons. The first-order valence-electron chi connectivity index (χ1n) is 6.42. The van der Waals surface area contributed by atoms with Gasteiger partial charge in [0, 0.05) is 26.0 Å². The number of aliphatic carboxylic acids is 1. The molecule has 0 unspecified atom stereocenters. The Morgan fingerprint density at radius 2 is 2.22 bits per heavy atom. The number of carbonyl (C=O) groups is 1. The van der Waals surface area contributed by atoms with E-state index in [9.17, 15) is 9.90 Å². The summed E-state index contributed by atoms with van der Waals surface area (Å²) in [5.74, 6) is 0.322. The minimum atomic E-state index is -0.647. The maximum Gasteiger partial charge on any atom is 0.310 e. The lowest BCUT2D eigenvalue weighted by atomic mass is 9.86. The summed E-state index contributed by atoms with van der Waals surface area (Å²) in [6, 6.07) is 0. The van der Waals surface area contributed by atoms with Crippen molar-refractivity contribution in [1.82, 2.24) is 14.5 Å². The molecule has 100 valence electrons. The number of hydrogen-bond donors (Lipinski definition) is 1. The Balaban J connectivity index is 2.00. The van der Waals surface area contributed by atoms with E-state index in [2.05, 4.69) is 9.88 Å². The number of nitrogens with zero attached hydrogens (tertiary/aromatic N) is 3. The summed E-state index contributed by atoms with van der Waals surface area (Å²) in [7, 11) is 3.93. The molecule has 5 heteroatoms. The van der Waals surface area contributed by atoms with E-state index < -0.39 is 11.4 Å². The van der Waals surface area contributed by atoms with Gasteiger partial charge in [-0.05, 0) is 19.9 Å². The van der Waals surface area contributed by atoms with Gasteiger partial charge in [-0.2, -0.15) is 0 Å². The van der Waals surface area contributed by atoms with E-state index in [0.29, 0.717) is 13.1 Å². The molecule has 0 bridgehead atoms. The van der Waals surface area contributed by atoms with Crippen molar-refractivity contribution in [2.75, 3.05) is 13.6 Å². The van der Waals surface area contributed by atoms with Crippen LogP contribution in [0, 0.1) is 5.41 Å². The van der Waals surface area contributed by atoms with Crippen molar-refractivity contribution in [3.05, 3.63) is 18.2 Å². The number of aromatic nitrogens is 2. The van der Waals surface area contributed by atoms with Gasteiger partial charge in [0.1, 0.15) is 5.82 Å². The second-order valence-corrected chi connectivity index (χ2v) is 5.42. The minimum Gasteiger partial charge on any atom is -0.481 e. The maximum atomic E-state index is 11.5. The molecule has 1 heterocycles. The highest BCUT2D eigenvalue weighted by atomic mass is 16.4. The average Bonchev–Trinajstić information content (AvgIpc) is 2.90. The van der Waals surface area contributed by atoms with Crippen molar-refractivity contribution < 1.29 is 9.90 Å². The molecule has 1 fully saturated rings. The van der Waals surface area contributed by atoms with E-state index >= 15 is 0 Å². The smallest absolute Gasteiger partial charge is 0.310 e. The first-order chi connectivity index (χ1) is 8.53. The Labute approximate surface area is 107 Å². The number of rotatable bonds is 5. The minimum absolute atomic E-state index is 0.542. The Hall–Kier alpha value is -1.36. The Morgan fingerprint density at radius 1 is 1.56 bits per heavy atom. The summed E-state index contributed by atoms with van der Waals surface area (Å²) in [6.07, 6.45) is 7.34. The Bertz CT molecular complexity index is 422. The molecule has 5 nitrogen and oxygen atoms in total. The topological polar surface area (TPSA) is 58.4 Å². The van der Waals surface area contributed by atoms with Crippen LogP contribution in [0.25, 0.3) is 0 Å². The number of carboxylic acid groups (broad SMARTS) is 1. The maximum absolute atomic E-state index is 11.5. The highest BCUT2D eigenvalue weighted by molar-refractivity contribution is 5.75. The van der Waals surface area contributed by atoms with Crippen LogP contribution in [-0.4, -0.2) is 39.1 Å². The van der Waals surface area contributed by atoms with E-state index in [1.54, 1.807) is 6.20 Å². The van der Waals surface area contributed by atoms with Gasteiger partial charge >= 0.3 is 5.97 Å². The summed E-state index contributed by atoms with van der Waals surface area (Å²) in [6.45, 7) is 1.30. The van der Waals surface area contributed by atoms with Crippen LogP contribution in [-0.2, 0) is 18.4 Å². The zero-order valence-corrected chi connectivity index (χ0v) is 11.1. The third-order valence-electron chi connectivity index (χ3n) is 3.92. The second-order valence-electron chi connectivity index (χ2n) is 5.42. The molecule has 0 saturated heterocycles. The number of hydrogen-bond acceptors (Lipinski definition) is 3. The molecule has 1 aliphatic rings. The monoisotopic (exact) mass is 251 g/mol. The van der Waals surface area contributed by atoms with E-state index in [1.807, 2.05) is 24.9 Å². The Kier molecular flexibility index (Phi) is 3.71. The van der Waals surface area contributed by atoms with Crippen LogP contribution in [0.15, 0.2) is 12.4 Å². The molecular formula is C13H21N3O2. The summed E-state index contributed by atoms with van der Waals surface area (Å²) in [5, 5.41) is 9.45. The van der Waals surface area contributed by atoms with Crippen LogP contribution in [0.3, 0.4) is 0 Å². The largest absolute Gasteiger partial charge is 0.481 e. The number of aryl methyl sites for hydroxylation is 1. The fraction of sp³-hybridized carbons (Fsp3) is 0.692. The zero-order chi connectivity index (χ0) is 13.2. The SMILES string of the molecule is CN(Cc1nccn1C)CC1(C(=O)O)CCCC1. The molecular weight excluding hydrogens is 230 g/mol. The van der Waals surface area contributed by atoms with Crippen LogP contribution >= 0.6 is 0 Å². The molecule has 0 amide bonds. The molecule has 1 saturated carbocycles. The van der Waals surface area contributed by atoms with Crippen LogP contribution < -0.4 is 0 Å². The molecule has 0 aliphatic heterocycles. The fourth-order valence-corrected chi connectivity index (χ4v) is 2.85. The van der Waals surface area contributed by atoms with Crippen molar-refractivity contribution in [1.29, 1.82) is 0 Å². The van der Waals surface area contributed by atoms with Crippen molar-refractivity contribution in [3.8, 4) is 0 Å². The number of imidazole rings is 1. The summed E-state index contributed by atoms with van der Waals surface area (Å²) in [5.41, 5.74) is -0.542. The molecule has 1 aromatic heterocycles. The predicted octanol–water partition coefficient (Wildman–Crippen LogP) is 1.50. The third kappa shape index (κ3) is 2.56. The van der Waals surface area contributed by atoms with Gasteiger partial charge in [-0.15, -0.1) is 0 Å². The van der Waals surface area contributed by atoms with Gasteiger partial charge < -0.3 is 9.67 Å². The van der Waals surface area contributed by atoms with Crippen LogP contribution in [0.5, 0.6) is 0 Å². The Morgan fingerprint density at radius 3 is 2.72 bits per heavy atom. The van der Waals surface area contributed by atoms with Crippen molar-refractivity contribution in [2.45, 2.75) is 32.2 Å². The molecule has 2 rings (SSSR count). The first-order valence-corrected chi connectivity index (χ1v) is 6.42. The van der Waals surface area contributed by atoms with Gasteiger partial charge in [0.2, 0.25) is 0 Å². The summed E-state index contributed by atoms with van der Waals surface area (Å²) >= 11 is 0. The number of carboxylic acids is 1. The molecule has 0 atom stereocenters. The standard InChI is InChI=1S/C13H21N3O2/c1-15(9-11-14-7-8-16(11)2)10-13(12(17)18)5-3-4-6-13/h7-8H,3-6,9-10H2,1-2H3,(H,17,18). The molecule has 0 aromatic carbocycles. The summed E-state index contributed by atoms with van der Waals surface area (Å²) < 4.78 is 1.97. The van der Waals surface area contributed by atoms with Crippen molar-refractivity contribution >= 4 is 5.97 Å². The van der Waals surface area contributed by atoms with Gasteiger partial charge in [-0.1, -0.05) is 12.8 Å². The van der Waals surface area contributed by atoms with E-state index in [-0.39, 0.29) is 0 Å². The van der Waals surface area contributed by atoms with Gasteiger partial charge in [0.15, 0.2) is 0 Å².